The SMILES string of the molecule is CCNC(CSc1ccoc1C)(C(N)=O)C1CC1. The summed E-state index contributed by atoms with van der Waals surface area (Å²) in [4.78, 5) is 12.9. The second-order valence-electron chi connectivity index (χ2n) is 4.77. The van der Waals surface area contributed by atoms with Gasteiger partial charge in [0.25, 0.3) is 0 Å². The zero-order chi connectivity index (χ0) is 13.2. The molecule has 3 N–H and O–H groups in total. The first-order chi connectivity index (χ1) is 8.60. The number of primary amides is 1. The van der Waals surface area contributed by atoms with E-state index in [0.717, 1.165) is 30.0 Å². The van der Waals surface area contributed by atoms with Crippen LogP contribution in [0.5, 0.6) is 0 Å². The van der Waals surface area contributed by atoms with Crippen molar-refractivity contribution in [1.29, 1.82) is 0 Å². The van der Waals surface area contributed by atoms with Crippen LogP contribution in [0, 0.1) is 12.8 Å². The van der Waals surface area contributed by atoms with Gasteiger partial charge < -0.3 is 15.5 Å². The molecule has 1 aromatic heterocycles. The average Bonchev–Trinajstić information content (AvgIpc) is 3.09. The first-order valence-electron chi connectivity index (χ1n) is 6.32. The number of thioether (sulfide) groups is 1. The van der Waals surface area contributed by atoms with Gasteiger partial charge in [0, 0.05) is 10.6 Å². The van der Waals surface area contributed by atoms with Crippen molar-refractivity contribution in [2.45, 2.75) is 37.1 Å². The number of carbonyl (C=O) groups is 1. The molecular weight excluding hydrogens is 248 g/mol. The van der Waals surface area contributed by atoms with Crippen LogP contribution in [0.4, 0.5) is 0 Å². The van der Waals surface area contributed by atoms with Gasteiger partial charge in [-0.3, -0.25) is 4.79 Å². The smallest absolute Gasteiger partial charge is 0.238 e. The molecule has 5 heteroatoms. The van der Waals surface area contributed by atoms with Gasteiger partial charge in [0.2, 0.25) is 5.91 Å². The summed E-state index contributed by atoms with van der Waals surface area (Å²) in [6.07, 6.45) is 3.84. The van der Waals surface area contributed by atoms with Crippen molar-refractivity contribution in [3.8, 4) is 0 Å². The van der Waals surface area contributed by atoms with Crippen molar-refractivity contribution >= 4 is 17.7 Å². The molecule has 1 atom stereocenters. The normalized spacial score (nSPS) is 18.6. The predicted molar refractivity (Wildman–Crippen MR) is 72.5 cm³/mol. The highest BCUT2D eigenvalue weighted by Gasteiger charge is 2.49. The summed E-state index contributed by atoms with van der Waals surface area (Å²) in [5.74, 6) is 1.71. The Hall–Kier alpha value is -0.940. The van der Waals surface area contributed by atoms with E-state index in [1.807, 2.05) is 19.9 Å². The molecule has 1 amide bonds. The minimum Gasteiger partial charge on any atom is -0.468 e. The first kappa shape index (κ1) is 13.5. The fraction of sp³-hybridized carbons (Fsp3) is 0.615. The van der Waals surface area contributed by atoms with Gasteiger partial charge in [0.1, 0.15) is 11.3 Å². The van der Waals surface area contributed by atoms with Crippen molar-refractivity contribution in [1.82, 2.24) is 5.32 Å². The summed E-state index contributed by atoms with van der Waals surface area (Å²) in [5.41, 5.74) is 5.07. The number of aryl methyl sites for hydroxylation is 1. The van der Waals surface area contributed by atoms with E-state index in [4.69, 9.17) is 10.2 Å². The largest absolute Gasteiger partial charge is 0.468 e. The van der Waals surface area contributed by atoms with Gasteiger partial charge in [0.15, 0.2) is 0 Å². The number of nitrogens with one attached hydrogen (secondary N) is 1. The zero-order valence-electron chi connectivity index (χ0n) is 10.9. The van der Waals surface area contributed by atoms with Crippen LogP contribution in [0.2, 0.25) is 0 Å². The van der Waals surface area contributed by atoms with Gasteiger partial charge in [-0.1, -0.05) is 6.92 Å². The van der Waals surface area contributed by atoms with Gasteiger partial charge >= 0.3 is 0 Å². The van der Waals surface area contributed by atoms with Crippen molar-refractivity contribution < 1.29 is 9.21 Å². The monoisotopic (exact) mass is 268 g/mol. The van der Waals surface area contributed by atoms with E-state index in [1.54, 1.807) is 18.0 Å². The van der Waals surface area contributed by atoms with Crippen LogP contribution in [-0.2, 0) is 4.79 Å². The van der Waals surface area contributed by atoms with Crippen LogP contribution in [0.3, 0.4) is 0 Å². The average molecular weight is 268 g/mol. The minimum absolute atomic E-state index is 0.236. The maximum absolute atomic E-state index is 11.9. The quantitative estimate of drug-likeness (QED) is 0.741. The second-order valence-corrected chi connectivity index (χ2v) is 5.79. The van der Waals surface area contributed by atoms with E-state index in [0.29, 0.717) is 11.7 Å². The number of amides is 1. The number of nitrogens with two attached hydrogens (primary N) is 1. The Labute approximate surface area is 112 Å². The molecule has 100 valence electrons. The fourth-order valence-electron chi connectivity index (χ4n) is 2.28. The Morgan fingerprint density at radius 2 is 2.39 bits per heavy atom. The molecule has 1 aliphatic carbocycles. The standard InChI is InChI=1S/C13H20N2O2S/c1-3-15-13(12(14)16,10-4-5-10)8-18-11-6-7-17-9(11)2/h6-7,10,15H,3-5,8H2,1-2H3,(H2,14,16). The fourth-order valence-corrected chi connectivity index (χ4v) is 3.55. The number of carbonyl (C=O) groups excluding carboxylic acids is 1. The van der Waals surface area contributed by atoms with E-state index in [9.17, 15) is 4.79 Å². The Kier molecular flexibility index (Phi) is 4.02. The molecule has 0 aliphatic heterocycles. The molecule has 1 heterocycles. The molecule has 0 aromatic carbocycles. The van der Waals surface area contributed by atoms with Gasteiger partial charge in [0.05, 0.1) is 6.26 Å². The van der Waals surface area contributed by atoms with Gasteiger partial charge in [-0.25, -0.2) is 0 Å². The lowest BCUT2D eigenvalue weighted by molar-refractivity contribution is -0.124. The lowest BCUT2D eigenvalue weighted by atomic mass is 9.94. The zero-order valence-corrected chi connectivity index (χ0v) is 11.7. The van der Waals surface area contributed by atoms with Crippen LogP contribution in [-0.4, -0.2) is 23.7 Å². The molecule has 0 radical (unpaired) electrons. The highest BCUT2D eigenvalue weighted by Crippen LogP contribution is 2.42. The van der Waals surface area contributed by atoms with Gasteiger partial charge in [-0.2, -0.15) is 0 Å². The number of likely N-dealkylation sites (N-methyl/N-ethyl adjacent to an activating group) is 1. The van der Waals surface area contributed by atoms with E-state index in [2.05, 4.69) is 5.32 Å². The minimum atomic E-state index is -0.566. The van der Waals surface area contributed by atoms with Crippen molar-refractivity contribution in [2.75, 3.05) is 12.3 Å². The molecule has 1 saturated carbocycles. The van der Waals surface area contributed by atoms with Crippen LogP contribution in [0.1, 0.15) is 25.5 Å². The Bertz CT molecular complexity index is 428. The van der Waals surface area contributed by atoms with Crippen molar-refractivity contribution in [2.24, 2.45) is 11.7 Å². The number of hydrogen-bond donors (Lipinski definition) is 2. The van der Waals surface area contributed by atoms with Crippen molar-refractivity contribution in [3.05, 3.63) is 18.1 Å². The molecule has 1 fully saturated rings. The third-order valence-electron chi connectivity index (χ3n) is 3.47. The predicted octanol–water partition coefficient (Wildman–Crippen LogP) is 1.92. The molecule has 4 nitrogen and oxygen atoms in total. The molecule has 0 saturated heterocycles. The van der Waals surface area contributed by atoms with E-state index < -0.39 is 5.54 Å². The summed E-state index contributed by atoms with van der Waals surface area (Å²) in [6.45, 7) is 4.69. The van der Waals surface area contributed by atoms with Crippen LogP contribution >= 0.6 is 11.8 Å². The molecule has 1 unspecified atom stereocenters. The van der Waals surface area contributed by atoms with Crippen LogP contribution in [0.25, 0.3) is 0 Å². The summed E-state index contributed by atoms with van der Waals surface area (Å²) in [7, 11) is 0. The summed E-state index contributed by atoms with van der Waals surface area (Å²) in [6, 6.07) is 1.94. The third-order valence-corrected chi connectivity index (χ3v) is 4.81. The molecule has 2 rings (SSSR count). The summed E-state index contributed by atoms with van der Waals surface area (Å²) >= 11 is 1.64. The highest BCUT2D eigenvalue weighted by atomic mass is 32.2. The molecule has 0 spiro atoms. The first-order valence-corrected chi connectivity index (χ1v) is 7.30. The molecule has 18 heavy (non-hydrogen) atoms. The molecule has 1 aliphatic rings. The maximum Gasteiger partial charge on any atom is 0.238 e. The van der Waals surface area contributed by atoms with Crippen LogP contribution in [0.15, 0.2) is 21.6 Å². The number of furan rings is 1. The summed E-state index contributed by atoms with van der Waals surface area (Å²) in [5, 5.41) is 3.31. The topological polar surface area (TPSA) is 68.3 Å². The van der Waals surface area contributed by atoms with E-state index >= 15 is 0 Å². The van der Waals surface area contributed by atoms with E-state index in [1.165, 1.54) is 0 Å². The Balaban J connectivity index is 2.10. The van der Waals surface area contributed by atoms with Gasteiger partial charge in [-0.15, -0.1) is 11.8 Å². The van der Waals surface area contributed by atoms with Crippen molar-refractivity contribution in [3.63, 3.8) is 0 Å². The lowest BCUT2D eigenvalue weighted by Crippen LogP contribution is -2.59. The number of rotatable bonds is 7. The maximum atomic E-state index is 11.9. The van der Waals surface area contributed by atoms with Gasteiger partial charge in [-0.05, 0) is 38.3 Å². The van der Waals surface area contributed by atoms with Crippen LogP contribution < -0.4 is 11.1 Å². The summed E-state index contributed by atoms with van der Waals surface area (Å²) < 4.78 is 5.27. The molecule has 0 bridgehead atoms. The Morgan fingerprint density at radius 1 is 1.67 bits per heavy atom. The molecule has 1 aromatic rings. The third kappa shape index (κ3) is 2.57. The number of hydrogen-bond acceptors (Lipinski definition) is 4. The second kappa shape index (κ2) is 5.36. The highest BCUT2D eigenvalue weighted by molar-refractivity contribution is 7.99. The Morgan fingerprint density at radius 3 is 2.83 bits per heavy atom. The lowest BCUT2D eigenvalue weighted by Gasteiger charge is -2.31. The molecular formula is C13H20N2O2S. The van der Waals surface area contributed by atoms with E-state index in [-0.39, 0.29) is 5.91 Å².